The van der Waals surface area contributed by atoms with Crippen LogP contribution >= 0.6 is 0 Å². The fraction of sp³-hybridized carbons (Fsp3) is 0.400. The molecule has 0 bridgehead atoms. The van der Waals surface area contributed by atoms with Crippen molar-refractivity contribution in [1.29, 1.82) is 0 Å². The Balaban J connectivity index is 3.85. The van der Waals surface area contributed by atoms with Crippen molar-refractivity contribution in [3.8, 4) is 0 Å². The Morgan fingerprint density at radius 3 is 2.64 bits per heavy atom. The highest BCUT2D eigenvalue weighted by Gasteiger charge is 1.83. The Kier molecular flexibility index (Phi) is 5.26. The fourth-order valence-corrected chi connectivity index (χ4v) is 0.671. The Morgan fingerprint density at radius 1 is 1.55 bits per heavy atom. The van der Waals surface area contributed by atoms with Crippen molar-refractivity contribution < 1.29 is 5.11 Å². The Bertz CT molecular complexity index is 175. The maximum Gasteiger partial charge on any atom is 0.115 e. The van der Waals surface area contributed by atoms with E-state index in [1.165, 1.54) is 0 Å². The van der Waals surface area contributed by atoms with Crippen molar-refractivity contribution in [3.63, 3.8) is 0 Å². The zero-order chi connectivity index (χ0) is 8.69. The van der Waals surface area contributed by atoms with Gasteiger partial charge in [-0.15, -0.1) is 0 Å². The second-order valence-corrected chi connectivity index (χ2v) is 2.61. The SMILES string of the molecule is C=C(C)/C=C(O)\C=C/CCC. The van der Waals surface area contributed by atoms with Crippen LogP contribution in [0.2, 0.25) is 0 Å². The number of allylic oxidation sites excluding steroid dienone is 4. The van der Waals surface area contributed by atoms with E-state index in [4.69, 9.17) is 5.11 Å². The number of aliphatic hydroxyl groups is 1. The highest BCUT2D eigenvalue weighted by atomic mass is 16.3. The molecule has 0 aliphatic heterocycles. The van der Waals surface area contributed by atoms with Crippen LogP contribution in [0.1, 0.15) is 26.7 Å². The molecular weight excluding hydrogens is 136 g/mol. The summed E-state index contributed by atoms with van der Waals surface area (Å²) in [5.41, 5.74) is 0.864. The van der Waals surface area contributed by atoms with E-state index in [-0.39, 0.29) is 5.76 Å². The van der Waals surface area contributed by atoms with Crippen molar-refractivity contribution in [2.24, 2.45) is 0 Å². The van der Waals surface area contributed by atoms with Gasteiger partial charge in [-0.2, -0.15) is 0 Å². The highest BCUT2D eigenvalue weighted by molar-refractivity contribution is 5.21. The van der Waals surface area contributed by atoms with E-state index >= 15 is 0 Å². The molecule has 0 saturated carbocycles. The van der Waals surface area contributed by atoms with E-state index in [9.17, 15) is 0 Å². The van der Waals surface area contributed by atoms with Crippen LogP contribution in [0.4, 0.5) is 0 Å². The summed E-state index contributed by atoms with van der Waals surface area (Å²) >= 11 is 0. The number of hydrogen-bond donors (Lipinski definition) is 1. The normalized spacial score (nSPS) is 12.4. The van der Waals surface area contributed by atoms with Gasteiger partial charge in [0.05, 0.1) is 0 Å². The molecule has 0 fully saturated rings. The molecule has 0 aliphatic rings. The van der Waals surface area contributed by atoms with E-state index in [1.807, 2.05) is 13.0 Å². The number of aliphatic hydroxyl groups excluding tert-OH is 1. The minimum absolute atomic E-state index is 0.283. The lowest BCUT2D eigenvalue weighted by atomic mass is 10.2. The molecule has 0 aromatic carbocycles. The number of unbranched alkanes of at least 4 members (excludes halogenated alkanes) is 1. The molecule has 0 atom stereocenters. The van der Waals surface area contributed by atoms with Crippen molar-refractivity contribution in [2.75, 3.05) is 0 Å². The molecule has 0 aromatic heterocycles. The van der Waals surface area contributed by atoms with Crippen LogP contribution < -0.4 is 0 Å². The van der Waals surface area contributed by atoms with Gasteiger partial charge >= 0.3 is 0 Å². The monoisotopic (exact) mass is 152 g/mol. The first-order chi connectivity index (χ1) is 5.16. The lowest BCUT2D eigenvalue weighted by Gasteiger charge is -1.90. The minimum Gasteiger partial charge on any atom is -0.508 e. The summed E-state index contributed by atoms with van der Waals surface area (Å²) in [6.07, 6.45) is 7.42. The second kappa shape index (κ2) is 5.78. The lowest BCUT2D eigenvalue weighted by Crippen LogP contribution is -1.74. The largest absolute Gasteiger partial charge is 0.508 e. The molecule has 1 nitrogen and oxygen atoms in total. The summed E-state index contributed by atoms with van der Waals surface area (Å²) < 4.78 is 0. The maximum atomic E-state index is 9.16. The van der Waals surface area contributed by atoms with Crippen LogP contribution in [0.5, 0.6) is 0 Å². The molecule has 1 N–H and O–H groups in total. The van der Waals surface area contributed by atoms with E-state index in [0.717, 1.165) is 18.4 Å². The molecule has 0 radical (unpaired) electrons. The van der Waals surface area contributed by atoms with Gasteiger partial charge in [0, 0.05) is 0 Å². The first-order valence-electron chi connectivity index (χ1n) is 3.89. The molecule has 0 unspecified atom stereocenters. The third-order valence-electron chi connectivity index (χ3n) is 1.14. The van der Waals surface area contributed by atoms with Crippen molar-refractivity contribution in [2.45, 2.75) is 26.7 Å². The molecule has 0 heterocycles. The van der Waals surface area contributed by atoms with Gasteiger partial charge < -0.3 is 5.11 Å². The van der Waals surface area contributed by atoms with Crippen LogP contribution in [0, 0.1) is 0 Å². The summed E-state index contributed by atoms with van der Waals surface area (Å²) in [5, 5.41) is 9.16. The molecule has 0 amide bonds. The molecule has 1 heteroatoms. The minimum atomic E-state index is 0.283. The van der Waals surface area contributed by atoms with Crippen molar-refractivity contribution in [3.05, 3.63) is 36.1 Å². The van der Waals surface area contributed by atoms with Gasteiger partial charge in [0.15, 0.2) is 0 Å². The average molecular weight is 152 g/mol. The third-order valence-corrected chi connectivity index (χ3v) is 1.14. The predicted molar refractivity (Wildman–Crippen MR) is 49.6 cm³/mol. The molecular formula is C10H16O. The summed E-state index contributed by atoms with van der Waals surface area (Å²) in [6.45, 7) is 7.61. The standard InChI is InChI=1S/C10H16O/c1-4-5-6-7-10(11)8-9(2)3/h6-8,11H,2,4-5H2,1,3H3/b7-6-,10-8+. The first kappa shape index (κ1) is 10.0. The Hall–Kier alpha value is -0.980. The molecule has 0 aromatic rings. The summed E-state index contributed by atoms with van der Waals surface area (Å²) in [7, 11) is 0. The fourth-order valence-electron chi connectivity index (χ4n) is 0.671. The maximum absolute atomic E-state index is 9.16. The molecule has 0 spiro atoms. The lowest BCUT2D eigenvalue weighted by molar-refractivity contribution is 0.432. The Labute approximate surface area is 68.7 Å². The number of rotatable bonds is 4. The van der Waals surface area contributed by atoms with Crippen molar-refractivity contribution >= 4 is 0 Å². The van der Waals surface area contributed by atoms with Crippen LogP contribution in [0.15, 0.2) is 36.1 Å². The zero-order valence-electron chi connectivity index (χ0n) is 7.30. The molecule has 62 valence electrons. The van der Waals surface area contributed by atoms with Gasteiger partial charge in [0.2, 0.25) is 0 Å². The van der Waals surface area contributed by atoms with Gasteiger partial charge in [0.25, 0.3) is 0 Å². The van der Waals surface area contributed by atoms with Gasteiger partial charge in [-0.3, -0.25) is 0 Å². The van der Waals surface area contributed by atoms with Crippen LogP contribution in [0.25, 0.3) is 0 Å². The third kappa shape index (κ3) is 6.91. The molecule has 0 aliphatic carbocycles. The van der Waals surface area contributed by atoms with Crippen LogP contribution in [-0.2, 0) is 0 Å². The summed E-state index contributed by atoms with van der Waals surface area (Å²) in [4.78, 5) is 0. The Morgan fingerprint density at radius 2 is 2.18 bits per heavy atom. The average Bonchev–Trinajstić information content (AvgIpc) is 1.86. The predicted octanol–water partition coefficient (Wildman–Crippen LogP) is 3.36. The van der Waals surface area contributed by atoms with Crippen molar-refractivity contribution in [1.82, 2.24) is 0 Å². The van der Waals surface area contributed by atoms with Gasteiger partial charge in [-0.05, 0) is 25.5 Å². The highest BCUT2D eigenvalue weighted by Crippen LogP contribution is 1.99. The van der Waals surface area contributed by atoms with E-state index < -0.39 is 0 Å². The topological polar surface area (TPSA) is 20.2 Å². The van der Waals surface area contributed by atoms with Gasteiger partial charge in [-0.1, -0.05) is 31.6 Å². The quantitative estimate of drug-likeness (QED) is 0.483. The summed E-state index contributed by atoms with van der Waals surface area (Å²) in [6, 6.07) is 0. The van der Waals surface area contributed by atoms with Crippen LogP contribution in [0.3, 0.4) is 0 Å². The molecule has 0 rings (SSSR count). The van der Waals surface area contributed by atoms with Crippen LogP contribution in [-0.4, -0.2) is 5.11 Å². The zero-order valence-corrected chi connectivity index (χ0v) is 7.30. The smallest absolute Gasteiger partial charge is 0.115 e. The number of hydrogen-bond acceptors (Lipinski definition) is 1. The van der Waals surface area contributed by atoms with E-state index in [0.29, 0.717) is 0 Å². The molecule has 11 heavy (non-hydrogen) atoms. The summed E-state index contributed by atoms with van der Waals surface area (Å²) in [5.74, 6) is 0.283. The van der Waals surface area contributed by atoms with Gasteiger partial charge in [0.1, 0.15) is 5.76 Å². The molecule has 0 saturated heterocycles. The van der Waals surface area contributed by atoms with E-state index in [1.54, 1.807) is 12.2 Å². The first-order valence-corrected chi connectivity index (χ1v) is 3.89. The van der Waals surface area contributed by atoms with E-state index in [2.05, 4.69) is 13.5 Å². The van der Waals surface area contributed by atoms with Gasteiger partial charge in [-0.25, -0.2) is 0 Å². The second-order valence-electron chi connectivity index (χ2n) is 2.61.